The van der Waals surface area contributed by atoms with Crippen molar-refractivity contribution >= 4 is 33.4 Å². The number of carbonyl (C=O) groups excluding carboxylic acids is 2. The van der Waals surface area contributed by atoms with Crippen LogP contribution in [0.15, 0.2) is 29.3 Å². The summed E-state index contributed by atoms with van der Waals surface area (Å²) in [5.41, 5.74) is -2.83. The molecule has 0 spiro atoms. The molecule has 1 aromatic heterocycles. The van der Waals surface area contributed by atoms with E-state index in [-0.39, 0.29) is 46.9 Å². The van der Waals surface area contributed by atoms with E-state index in [1.165, 1.54) is 43.1 Å². The molecule has 0 aliphatic carbocycles. The molecular formula is C22H28F3N5O7S. The summed E-state index contributed by atoms with van der Waals surface area (Å²) in [4.78, 5) is 23.4. The molecule has 38 heavy (non-hydrogen) atoms. The number of anilines is 2. The number of benzene rings is 1. The highest BCUT2D eigenvalue weighted by molar-refractivity contribution is 7.93. The smallest absolute Gasteiger partial charge is 0.427 e. The molecule has 2 N–H and O–H groups in total. The fourth-order valence-corrected chi connectivity index (χ4v) is 5.00. The van der Waals surface area contributed by atoms with E-state index in [1.54, 1.807) is 6.92 Å². The van der Waals surface area contributed by atoms with E-state index in [0.717, 1.165) is 4.31 Å². The quantitative estimate of drug-likeness (QED) is 0.500. The lowest BCUT2D eigenvalue weighted by Gasteiger charge is -2.35. The van der Waals surface area contributed by atoms with Crippen LogP contribution in [-0.4, -0.2) is 68.3 Å². The van der Waals surface area contributed by atoms with Crippen molar-refractivity contribution in [3.05, 3.63) is 24.4 Å². The average molecular weight is 564 g/mol. The topological polar surface area (TPSA) is 141 Å². The molecule has 3 rings (SSSR count). The van der Waals surface area contributed by atoms with Gasteiger partial charge < -0.3 is 19.5 Å². The molecule has 0 bridgehead atoms. The minimum absolute atomic E-state index is 0.00893. The van der Waals surface area contributed by atoms with Gasteiger partial charge in [0.15, 0.2) is 4.90 Å². The van der Waals surface area contributed by atoms with Crippen molar-refractivity contribution in [1.29, 1.82) is 0 Å². The number of aromatic nitrogens is 2. The van der Waals surface area contributed by atoms with Crippen LogP contribution in [-0.2, 0) is 26.1 Å². The van der Waals surface area contributed by atoms with Crippen molar-refractivity contribution < 1.29 is 45.4 Å². The fraction of sp³-hybridized carbons (Fsp3) is 0.500. The molecule has 16 heteroatoms. The van der Waals surface area contributed by atoms with E-state index in [2.05, 4.69) is 20.5 Å². The van der Waals surface area contributed by atoms with Gasteiger partial charge in [0.1, 0.15) is 11.9 Å². The molecule has 1 aliphatic rings. The second-order valence-electron chi connectivity index (χ2n) is 8.78. The Labute approximate surface area is 217 Å². The maximum absolute atomic E-state index is 13.8. The van der Waals surface area contributed by atoms with Crippen LogP contribution >= 0.6 is 0 Å². The SMILES string of the molecule is CCn1cc(S(=O)(=O)N2C[C@H](CNC(C)=O)Oc3ccc(NC(=O)OC(C)(C)C(F)(F)F)cc32)c(OC)n1. The highest BCUT2D eigenvalue weighted by Gasteiger charge is 2.51. The van der Waals surface area contributed by atoms with E-state index < -0.39 is 34.0 Å². The van der Waals surface area contributed by atoms with E-state index >= 15 is 0 Å². The summed E-state index contributed by atoms with van der Waals surface area (Å²) < 4.78 is 84.8. The van der Waals surface area contributed by atoms with Gasteiger partial charge in [-0.05, 0) is 39.0 Å². The largest absolute Gasteiger partial charge is 0.484 e. The van der Waals surface area contributed by atoms with Gasteiger partial charge in [-0.1, -0.05) is 0 Å². The van der Waals surface area contributed by atoms with Crippen molar-refractivity contribution in [1.82, 2.24) is 15.1 Å². The van der Waals surface area contributed by atoms with Crippen LogP contribution in [0.1, 0.15) is 27.7 Å². The second kappa shape index (κ2) is 10.6. The number of rotatable bonds is 8. The number of hydrogen-bond acceptors (Lipinski definition) is 8. The van der Waals surface area contributed by atoms with Crippen molar-refractivity contribution in [2.75, 3.05) is 29.8 Å². The molecular weight excluding hydrogens is 535 g/mol. The Morgan fingerprint density at radius 2 is 1.95 bits per heavy atom. The van der Waals surface area contributed by atoms with Crippen LogP contribution in [0.3, 0.4) is 0 Å². The van der Waals surface area contributed by atoms with Crippen LogP contribution in [0.2, 0.25) is 0 Å². The third-order valence-corrected chi connectivity index (χ3v) is 7.29. The molecule has 2 amide bonds. The number of fused-ring (bicyclic) bond motifs is 1. The van der Waals surface area contributed by atoms with E-state index in [9.17, 15) is 31.2 Å². The molecule has 1 aliphatic heterocycles. The minimum atomic E-state index is -4.82. The van der Waals surface area contributed by atoms with Gasteiger partial charge in [-0.2, -0.15) is 13.2 Å². The molecule has 1 atom stereocenters. The molecule has 12 nitrogen and oxygen atoms in total. The van der Waals surface area contributed by atoms with Crippen molar-refractivity contribution in [2.45, 2.75) is 57.0 Å². The number of nitrogens with one attached hydrogen (secondary N) is 2. The van der Waals surface area contributed by atoms with Crippen LogP contribution in [0.25, 0.3) is 0 Å². The molecule has 0 radical (unpaired) electrons. The van der Waals surface area contributed by atoms with Crippen molar-refractivity contribution in [2.24, 2.45) is 0 Å². The number of amides is 2. The highest BCUT2D eigenvalue weighted by atomic mass is 32.2. The van der Waals surface area contributed by atoms with Gasteiger partial charge in [-0.25, -0.2) is 13.2 Å². The highest BCUT2D eigenvalue weighted by Crippen LogP contribution is 2.40. The number of hydrogen-bond donors (Lipinski definition) is 2. The number of aryl methyl sites for hydroxylation is 1. The van der Waals surface area contributed by atoms with Gasteiger partial charge in [0.2, 0.25) is 11.5 Å². The number of ether oxygens (including phenoxy) is 3. The zero-order valence-corrected chi connectivity index (χ0v) is 22.1. The minimum Gasteiger partial charge on any atom is -0.484 e. The first-order valence-corrected chi connectivity index (χ1v) is 12.8. The van der Waals surface area contributed by atoms with Crippen LogP contribution in [0.5, 0.6) is 11.6 Å². The Morgan fingerprint density at radius 3 is 2.53 bits per heavy atom. The van der Waals surface area contributed by atoms with Gasteiger partial charge in [0, 0.05) is 25.4 Å². The Kier molecular flexibility index (Phi) is 8.04. The number of carbonyl (C=O) groups is 2. The lowest BCUT2D eigenvalue weighted by Crippen LogP contribution is -2.48. The Hall–Kier alpha value is -3.69. The maximum Gasteiger partial charge on any atom is 0.427 e. The number of alkyl halides is 3. The predicted molar refractivity (Wildman–Crippen MR) is 129 cm³/mol. The molecule has 210 valence electrons. The lowest BCUT2D eigenvalue weighted by molar-refractivity contribution is -0.242. The van der Waals surface area contributed by atoms with Crippen LogP contribution < -0.4 is 24.4 Å². The van der Waals surface area contributed by atoms with E-state index in [4.69, 9.17) is 9.47 Å². The molecule has 0 unspecified atom stereocenters. The Morgan fingerprint density at radius 1 is 1.26 bits per heavy atom. The fourth-order valence-electron chi connectivity index (χ4n) is 3.40. The molecule has 2 heterocycles. The van der Waals surface area contributed by atoms with Gasteiger partial charge in [0.05, 0.1) is 25.9 Å². The summed E-state index contributed by atoms with van der Waals surface area (Å²) in [6.45, 7) is 4.55. The maximum atomic E-state index is 13.8. The summed E-state index contributed by atoms with van der Waals surface area (Å²) in [5, 5.41) is 8.84. The summed E-state index contributed by atoms with van der Waals surface area (Å²) in [7, 11) is -3.06. The molecule has 0 saturated carbocycles. The van der Waals surface area contributed by atoms with Gasteiger partial charge in [-0.15, -0.1) is 5.10 Å². The lowest BCUT2D eigenvalue weighted by atomic mass is 10.1. The van der Waals surface area contributed by atoms with Gasteiger partial charge >= 0.3 is 12.3 Å². The third kappa shape index (κ3) is 6.06. The monoisotopic (exact) mass is 563 g/mol. The van der Waals surface area contributed by atoms with E-state index in [0.29, 0.717) is 20.4 Å². The van der Waals surface area contributed by atoms with Gasteiger partial charge in [0.25, 0.3) is 15.9 Å². The summed E-state index contributed by atoms with van der Waals surface area (Å²) in [5.74, 6) is -0.406. The number of nitrogens with zero attached hydrogens (tertiary/aromatic N) is 3. The Bertz CT molecular complexity index is 1310. The molecule has 0 saturated heterocycles. The number of halogens is 3. The summed E-state index contributed by atoms with van der Waals surface area (Å²) in [6.07, 6.45) is -5.70. The second-order valence-corrected chi connectivity index (χ2v) is 10.6. The van der Waals surface area contributed by atoms with E-state index in [1.807, 2.05) is 0 Å². The van der Waals surface area contributed by atoms with Crippen LogP contribution in [0.4, 0.5) is 29.3 Å². The zero-order valence-electron chi connectivity index (χ0n) is 21.2. The number of methoxy groups -OCH3 is 1. The summed E-state index contributed by atoms with van der Waals surface area (Å²) in [6, 6.07) is 3.87. The average Bonchev–Trinajstić information content (AvgIpc) is 3.25. The first-order valence-electron chi connectivity index (χ1n) is 11.3. The normalized spacial score (nSPS) is 15.8. The standard InChI is InChI=1S/C22H28F3N5O7S/c1-6-29-12-18(19(28-29)35-5)38(33,34)30-11-15(10-26-13(2)31)36-17-8-7-14(9-16(17)30)27-20(32)37-21(3,4)22(23,24)25/h7-9,12,15H,6,10-11H2,1-5H3,(H,26,31)(H,27,32)/t15-/m0/s1. The van der Waals surface area contributed by atoms with Crippen molar-refractivity contribution in [3.63, 3.8) is 0 Å². The predicted octanol–water partition coefficient (Wildman–Crippen LogP) is 2.89. The first-order chi connectivity index (χ1) is 17.6. The molecule has 1 aromatic carbocycles. The molecule has 2 aromatic rings. The first kappa shape index (κ1) is 28.9. The zero-order chi connectivity index (χ0) is 28.5. The number of sulfonamides is 1. The summed E-state index contributed by atoms with van der Waals surface area (Å²) >= 11 is 0. The third-order valence-electron chi connectivity index (χ3n) is 5.53. The molecule has 0 fully saturated rings. The van der Waals surface area contributed by atoms with Gasteiger partial charge in [-0.3, -0.25) is 19.1 Å². The Balaban J connectivity index is 2.00. The van der Waals surface area contributed by atoms with Crippen molar-refractivity contribution in [3.8, 4) is 11.6 Å². The van der Waals surface area contributed by atoms with Crippen LogP contribution in [0, 0.1) is 0 Å².